The first-order valence-electron chi connectivity index (χ1n) is 10.1. The van der Waals surface area contributed by atoms with Crippen molar-refractivity contribution in [3.63, 3.8) is 0 Å². The summed E-state index contributed by atoms with van der Waals surface area (Å²) in [4.78, 5) is 36.3. The molecule has 162 valence electrons. The van der Waals surface area contributed by atoms with Crippen molar-refractivity contribution in [2.45, 2.75) is 18.5 Å². The van der Waals surface area contributed by atoms with Gasteiger partial charge in [0.15, 0.2) is 0 Å². The SMILES string of the molecule is Cc1nc2ccccc2nc1SCC(=O)N(C)c1ccccc1C(=O)NCc1ccco1. The molecule has 0 aliphatic heterocycles. The minimum atomic E-state index is -0.277. The molecule has 4 aromatic rings. The topological polar surface area (TPSA) is 88.3 Å². The summed E-state index contributed by atoms with van der Waals surface area (Å²) in [7, 11) is 1.67. The molecule has 2 aromatic heterocycles. The third-order valence-corrected chi connectivity index (χ3v) is 5.97. The number of furan rings is 1. The second kappa shape index (κ2) is 9.65. The van der Waals surface area contributed by atoms with Gasteiger partial charge in [0.25, 0.3) is 5.91 Å². The van der Waals surface area contributed by atoms with Crippen molar-refractivity contribution in [1.82, 2.24) is 15.3 Å². The molecule has 0 fully saturated rings. The molecular formula is C24H22N4O3S. The number of thioether (sulfide) groups is 1. The van der Waals surface area contributed by atoms with Crippen molar-refractivity contribution in [2.75, 3.05) is 17.7 Å². The Hall–Kier alpha value is -3.65. The number of aromatic nitrogens is 2. The molecule has 0 saturated carbocycles. The molecule has 0 radical (unpaired) electrons. The molecule has 0 spiro atoms. The van der Waals surface area contributed by atoms with Crippen LogP contribution in [0.15, 0.2) is 76.4 Å². The molecule has 0 unspecified atom stereocenters. The van der Waals surface area contributed by atoms with Crippen LogP contribution in [0.2, 0.25) is 0 Å². The highest BCUT2D eigenvalue weighted by molar-refractivity contribution is 8.00. The molecule has 0 aliphatic carbocycles. The number of nitrogens with zero attached hydrogens (tertiary/aromatic N) is 3. The van der Waals surface area contributed by atoms with E-state index in [0.717, 1.165) is 21.8 Å². The molecule has 2 aromatic carbocycles. The summed E-state index contributed by atoms with van der Waals surface area (Å²) < 4.78 is 5.25. The van der Waals surface area contributed by atoms with Gasteiger partial charge < -0.3 is 14.6 Å². The number of nitrogens with one attached hydrogen (secondary N) is 1. The van der Waals surface area contributed by atoms with E-state index in [2.05, 4.69) is 15.3 Å². The maximum absolute atomic E-state index is 12.9. The van der Waals surface area contributed by atoms with E-state index in [1.807, 2.05) is 31.2 Å². The van der Waals surface area contributed by atoms with Crippen LogP contribution in [0.25, 0.3) is 11.0 Å². The molecule has 0 aliphatic rings. The van der Waals surface area contributed by atoms with Crippen molar-refractivity contribution >= 4 is 40.3 Å². The molecule has 0 saturated heterocycles. The maximum atomic E-state index is 12.9. The summed E-state index contributed by atoms with van der Waals surface area (Å²) in [5, 5.41) is 3.54. The Morgan fingerprint density at radius 2 is 1.72 bits per heavy atom. The molecule has 4 rings (SSSR count). The second-order valence-corrected chi connectivity index (χ2v) is 8.09. The van der Waals surface area contributed by atoms with Crippen molar-refractivity contribution in [2.24, 2.45) is 0 Å². The molecule has 1 N–H and O–H groups in total. The van der Waals surface area contributed by atoms with Crippen LogP contribution in [-0.2, 0) is 11.3 Å². The van der Waals surface area contributed by atoms with Crippen molar-refractivity contribution in [3.05, 3.63) is 83.9 Å². The largest absolute Gasteiger partial charge is 0.467 e. The predicted molar refractivity (Wildman–Crippen MR) is 125 cm³/mol. The van der Waals surface area contributed by atoms with Crippen LogP contribution in [0.5, 0.6) is 0 Å². The Balaban J connectivity index is 1.45. The molecule has 0 atom stereocenters. The highest BCUT2D eigenvalue weighted by Gasteiger charge is 2.19. The number of fused-ring (bicyclic) bond motifs is 1. The molecule has 2 heterocycles. The normalized spacial score (nSPS) is 10.8. The number of carbonyl (C=O) groups is 2. The van der Waals surface area contributed by atoms with Crippen LogP contribution < -0.4 is 10.2 Å². The molecule has 2 amide bonds. The molecule has 8 heteroatoms. The second-order valence-electron chi connectivity index (χ2n) is 7.12. The highest BCUT2D eigenvalue weighted by atomic mass is 32.2. The number of rotatable bonds is 7. The Labute approximate surface area is 189 Å². The van der Waals surface area contributed by atoms with Crippen molar-refractivity contribution in [1.29, 1.82) is 0 Å². The van der Waals surface area contributed by atoms with E-state index in [9.17, 15) is 9.59 Å². The monoisotopic (exact) mass is 446 g/mol. The average molecular weight is 447 g/mol. The molecule has 32 heavy (non-hydrogen) atoms. The summed E-state index contributed by atoms with van der Waals surface area (Å²) in [6.45, 7) is 2.15. The number of hydrogen-bond acceptors (Lipinski definition) is 6. The van der Waals surface area contributed by atoms with Gasteiger partial charge in [-0.1, -0.05) is 36.0 Å². The number of anilines is 1. The summed E-state index contributed by atoms with van der Waals surface area (Å²) in [6.07, 6.45) is 1.56. The number of para-hydroxylation sites is 3. The van der Waals surface area contributed by atoms with E-state index in [1.54, 1.807) is 49.7 Å². The zero-order valence-corrected chi connectivity index (χ0v) is 18.6. The fraction of sp³-hybridized carbons (Fsp3) is 0.167. The number of amides is 2. The minimum absolute atomic E-state index is 0.143. The molecule has 7 nitrogen and oxygen atoms in total. The van der Waals surface area contributed by atoms with Crippen LogP contribution in [0.4, 0.5) is 5.69 Å². The Morgan fingerprint density at radius 1 is 1.00 bits per heavy atom. The molecular weight excluding hydrogens is 424 g/mol. The van der Waals surface area contributed by atoms with Gasteiger partial charge in [-0.05, 0) is 43.3 Å². The summed E-state index contributed by atoms with van der Waals surface area (Å²) in [6, 6.07) is 18.2. The first kappa shape index (κ1) is 21.6. The Bertz CT molecular complexity index is 1260. The lowest BCUT2D eigenvalue weighted by atomic mass is 10.1. The van der Waals surface area contributed by atoms with Gasteiger partial charge in [-0.25, -0.2) is 9.97 Å². The van der Waals surface area contributed by atoms with Gasteiger partial charge in [0.05, 0.1) is 46.5 Å². The van der Waals surface area contributed by atoms with Gasteiger partial charge >= 0.3 is 0 Å². The summed E-state index contributed by atoms with van der Waals surface area (Å²) in [5.74, 6) is 0.409. The van der Waals surface area contributed by atoms with Crippen LogP contribution in [-0.4, -0.2) is 34.6 Å². The smallest absolute Gasteiger partial charge is 0.253 e. The van der Waals surface area contributed by atoms with Crippen LogP contribution >= 0.6 is 11.8 Å². The highest BCUT2D eigenvalue weighted by Crippen LogP contribution is 2.24. The van der Waals surface area contributed by atoms with Gasteiger partial charge in [-0.3, -0.25) is 9.59 Å². The first-order chi connectivity index (χ1) is 15.5. The average Bonchev–Trinajstić information content (AvgIpc) is 3.34. The third-order valence-electron chi connectivity index (χ3n) is 4.92. The van der Waals surface area contributed by atoms with E-state index in [4.69, 9.17) is 4.42 Å². The fourth-order valence-electron chi connectivity index (χ4n) is 3.20. The van der Waals surface area contributed by atoms with Gasteiger partial charge in [-0.2, -0.15) is 0 Å². The summed E-state index contributed by atoms with van der Waals surface area (Å²) >= 11 is 1.34. The zero-order chi connectivity index (χ0) is 22.5. The van der Waals surface area contributed by atoms with E-state index in [-0.39, 0.29) is 24.1 Å². The third kappa shape index (κ3) is 4.81. The van der Waals surface area contributed by atoms with E-state index >= 15 is 0 Å². The lowest BCUT2D eigenvalue weighted by Gasteiger charge is -2.20. The lowest BCUT2D eigenvalue weighted by molar-refractivity contribution is -0.115. The van der Waals surface area contributed by atoms with Crippen LogP contribution in [0.3, 0.4) is 0 Å². The zero-order valence-electron chi connectivity index (χ0n) is 17.7. The Morgan fingerprint density at radius 3 is 2.47 bits per heavy atom. The standard InChI is InChI=1S/C24H22N4O3S/c1-16-24(27-20-11-5-4-10-19(20)26-16)32-15-22(29)28(2)21-12-6-3-9-18(21)23(30)25-14-17-8-7-13-31-17/h3-13H,14-15H2,1-2H3,(H,25,30). The number of aryl methyl sites for hydroxylation is 1. The van der Waals surface area contributed by atoms with Gasteiger partial charge in [-0.15, -0.1) is 0 Å². The van der Waals surface area contributed by atoms with Crippen molar-refractivity contribution < 1.29 is 14.0 Å². The first-order valence-corrected chi connectivity index (χ1v) is 11.0. The predicted octanol–water partition coefficient (Wildman–Crippen LogP) is 4.22. The fourth-order valence-corrected chi connectivity index (χ4v) is 4.08. The van der Waals surface area contributed by atoms with Gasteiger partial charge in [0.2, 0.25) is 5.91 Å². The summed E-state index contributed by atoms with van der Waals surface area (Å²) in [5.41, 5.74) is 3.35. The maximum Gasteiger partial charge on any atom is 0.253 e. The van der Waals surface area contributed by atoms with Crippen LogP contribution in [0.1, 0.15) is 21.8 Å². The van der Waals surface area contributed by atoms with Gasteiger partial charge in [0.1, 0.15) is 10.8 Å². The number of carbonyl (C=O) groups excluding carboxylic acids is 2. The number of benzene rings is 2. The Kier molecular flexibility index (Phi) is 6.51. The lowest BCUT2D eigenvalue weighted by Crippen LogP contribution is -2.31. The van der Waals surface area contributed by atoms with Crippen LogP contribution in [0, 0.1) is 6.92 Å². The van der Waals surface area contributed by atoms with Gasteiger partial charge in [0, 0.05) is 7.05 Å². The number of hydrogen-bond donors (Lipinski definition) is 1. The van der Waals surface area contributed by atoms with E-state index in [1.165, 1.54) is 16.7 Å². The van der Waals surface area contributed by atoms with Crippen molar-refractivity contribution in [3.8, 4) is 0 Å². The quantitative estimate of drug-likeness (QED) is 0.428. The van der Waals surface area contributed by atoms with E-state index in [0.29, 0.717) is 17.0 Å². The minimum Gasteiger partial charge on any atom is -0.467 e. The van der Waals surface area contributed by atoms with E-state index < -0.39 is 0 Å². The molecule has 0 bridgehead atoms.